The molecule has 0 spiro atoms. The summed E-state index contributed by atoms with van der Waals surface area (Å²) in [4.78, 5) is 23.4. The zero-order valence-electron chi connectivity index (χ0n) is 14.3. The van der Waals surface area contributed by atoms with Crippen LogP contribution in [0.25, 0.3) is 0 Å². The molecule has 0 N–H and O–H groups in total. The fraction of sp³-hybridized carbons (Fsp3) is 0.750. The average molecular weight is 327 g/mol. The first-order valence-electron chi connectivity index (χ1n) is 9.28. The normalized spacial score (nSPS) is 47.0. The van der Waals surface area contributed by atoms with Crippen molar-refractivity contribution in [2.45, 2.75) is 63.8 Å². The number of carbonyl (C=O) groups excluding carboxylic acids is 1. The van der Waals surface area contributed by atoms with E-state index in [0.717, 1.165) is 38.5 Å². The van der Waals surface area contributed by atoms with E-state index in [0.29, 0.717) is 36.5 Å². The monoisotopic (exact) mass is 327 g/mol. The summed E-state index contributed by atoms with van der Waals surface area (Å²) in [7, 11) is 0. The van der Waals surface area contributed by atoms with Gasteiger partial charge in [-0.1, -0.05) is 12.5 Å². The van der Waals surface area contributed by atoms with E-state index in [1.165, 1.54) is 5.57 Å². The van der Waals surface area contributed by atoms with Gasteiger partial charge in [0.25, 0.3) is 5.54 Å². The maximum atomic E-state index is 11.9. The number of nitrogens with zero attached hydrogens (tertiary/aromatic N) is 1. The molecule has 3 saturated carbocycles. The predicted octanol–water partition coefficient (Wildman–Crippen LogP) is 3.78. The van der Waals surface area contributed by atoms with Gasteiger partial charge in [0.05, 0.1) is 5.41 Å². The number of carbonyl (C=O) groups is 1. The largest absolute Gasteiger partial charge is 0.295 e. The molecule has 4 nitrogen and oxygen atoms in total. The standard InChI is InChI=1S/C20H25NO3/c1-3-20(21(23)24)11-9-18-17-6-4-13-12-14(22)5-7-15(13)16(17)8-10-19(18,20)2/h1,12,15-18H,4-11H2,2H3/t15-,16+,17+,18-,19-,20-/m0/s1. The molecule has 3 fully saturated rings. The van der Waals surface area contributed by atoms with Crippen molar-refractivity contribution in [2.24, 2.45) is 29.1 Å². The smallest absolute Gasteiger partial charge is 0.286 e. The van der Waals surface area contributed by atoms with Gasteiger partial charge in [0.1, 0.15) is 0 Å². The number of nitro groups is 1. The van der Waals surface area contributed by atoms with Crippen molar-refractivity contribution in [3.8, 4) is 12.3 Å². The van der Waals surface area contributed by atoms with Crippen molar-refractivity contribution in [3.63, 3.8) is 0 Å². The van der Waals surface area contributed by atoms with Gasteiger partial charge in [0.15, 0.2) is 5.78 Å². The molecule has 0 saturated heterocycles. The highest BCUT2D eigenvalue weighted by molar-refractivity contribution is 5.91. The molecule has 0 bridgehead atoms. The van der Waals surface area contributed by atoms with Crippen LogP contribution in [0.15, 0.2) is 11.6 Å². The molecule has 24 heavy (non-hydrogen) atoms. The fourth-order valence-corrected chi connectivity index (χ4v) is 6.79. The van der Waals surface area contributed by atoms with Crippen molar-refractivity contribution in [1.29, 1.82) is 0 Å². The van der Waals surface area contributed by atoms with Gasteiger partial charge in [-0.25, -0.2) is 0 Å². The third kappa shape index (κ3) is 1.84. The van der Waals surface area contributed by atoms with E-state index in [4.69, 9.17) is 6.42 Å². The highest BCUT2D eigenvalue weighted by atomic mass is 16.6. The summed E-state index contributed by atoms with van der Waals surface area (Å²) in [5.41, 5.74) is -0.203. The van der Waals surface area contributed by atoms with Crippen molar-refractivity contribution in [3.05, 3.63) is 21.8 Å². The number of allylic oxidation sites excluding steroid dienone is 1. The van der Waals surface area contributed by atoms with Crippen LogP contribution in [0.5, 0.6) is 0 Å². The SMILES string of the molecule is C#C[C@]1([N+](=O)[O-])CC[C@H]2[C@@H]3CCC4=CC(=O)CC[C@@H]4[C@H]3CC[C@@]21C. The summed E-state index contributed by atoms with van der Waals surface area (Å²) in [5.74, 6) is 4.92. The minimum absolute atomic E-state index is 0.166. The maximum Gasteiger partial charge on any atom is 0.286 e. The van der Waals surface area contributed by atoms with Crippen LogP contribution in [0.2, 0.25) is 0 Å². The Morgan fingerprint density at radius 1 is 1.21 bits per heavy atom. The molecule has 4 rings (SSSR count). The fourth-order valence-electron chi connectivity index (χ4n) is 6.79. The molecule has 4 heteroatoms. The van der Waals surface area contributed by atoms with E-state index in [1.807, 2.05) is 6.08 Å². The van der Waals surface area contributed by atoms with Crippen molar-refractivity contribution < 1.29 is 9.72 Å². The second-order valence-corrected chi connectivity index (χ2v) is 8.56. The zero-order valence-corrected chi connectivity index (χ0v) is 14.3. The van der Waals surface area contributed by atoms with E-state index in [9.17, 15) is 14.9 Å². The van der Waals surface area contributed by atoms with Crippen LogP contribution in [-0.2, 0) is 4.79 Å². The lowest BCUT2D eigenvalue weighted by Gasteiger charge is -2.53. The predicted molar refractivity (Wildman–Crippen MR) is 90.7 cm³/mol. The summed E-state index contributed by atoms with van der Waals surface area (Å²) in [6.07, 6.45) is 14.6. The lowest BCUT2D eigenvalue weighted by atomic mass is 9.50. The molecule has 0 heterocycles. The van der Waals surface area contributed by atoms with Gasteiger partial charge in [-0.15, -0.1) is 6.42 Å². The van der Waals surface area contributed by atoms with Gasteiger partial charge in [0, 0.05) is 17.8 Å². The van der Waals surface area contributed by atoms with Crippen LogP contribution in [0.1, 0.15) is 58.3 Å². The zero-order chi connectivity index (χ0) is 17.1. The molecular weight excluding hydrogens is 302 g/mol. The van der Waals surface area contributed by atoms with Gasteiger partial charge in [0.2, 0.25) is 0 Å². The minimum atomic E-state index is -1.18. The Morgan fingerprint density at radius 3 is 2.71 bits per heavy atom. The molecule has 0 aromatic rings. The van der Waals surface area contributed by atoms with Gasteiger partial charge in [-0.3, -0.25) is 14.9 Å². The molecular formula is C20H25NO3. The summed E-state index contributed by atoms with van der Waals surface area (Å²) in [5, 5.41) is 11.9. The molecule has 128 valence electrons. The minimum Gasteiger partial charge on any atom is -0.295 e. The first-order chi connectivity index (χ1) is 11.4. The second kappa shape index (κ2) is 5.18. The van der Waals surface area contributed by atoms with Crippen LogP contribution >= 0.6 is 0 Å². The number of ketones is 1. The van der Waals surface area contributed by atoms with E-state index < -0.39 is 5.54 Å². The van der Waals surface area contributed by atoms with Gasteiger partial charge in [-0.2, -0.15) is 0 Å². The second-order valence-electron chi connectivity index (χ2n) is 8.56. The van der Waals surface area contributed by atoms with Crippen LogP contribution in [0, 0.1) is 51.5 Å². The first-order valence-corrected chi connectivity index (χ1v) is 9.28. The van der Waals surface area contributed by atoms with Crippen molar-refractivity contribution in [1.82, 2.24) is 0 Å². The van der Waals surface area contributed by atoms with Crippen LogP contribution in [-0.4, -0.2) is 16.2 Å². The van der Waals surface area contributed by atoms with Crippen LogP contribution in [0.3, 0.4) is 0 Å². The van der Waals surface area contributed by atoms with E-state index in [2.05, 4.69) is 12.8 Å². The van der Waals surface area contributed by atoms with E-state index in [1.54, 1.807) is 0 Å². The van der Waals surface area contributed by atoms with E-state index >= 15 is 0 Å². The summed E-state index contributed by atoms with van der Waals surface area (Å²) < 4.78 is 0. The quantitative estimate of drug-likeness (QED) is 0.418. The first kappa shape index (κ1) is 15.9. The Balaban J connectivity index is 1.68. The van der Waals surface area contributed by atoms with Crippen LogP contribution in [0.4, 0.5) is 0 Å². The molecule has 6 atom stereocenters. The molecule has 4 aliphatic rings. The van der Waals surface area contributed by atoms with E-state index in [-0.39, 0.29) is 16.1 Å². The third-order valence-electron chi connectivity index (χ3n) is 8.00. The Bertz CT molecular complexity index is 675. The molecule has 0 aliphatic heterocycles. The number of fused-ring (bicyclic) bond motifs is 5. The van der Waals surface area contributed by atoms with Gasteiger partial charge >= 0.3 is 0 Å². The van der Waals surface area contributed by atoms with Crippen LogP contribution < -0.4 is 0 Å². The number of terminal acetylenes is 1. The Morgan fingerprint density at radius 2 is 2.00 bits per heavy atom. The Labute approximate surface area is 143 Å². The molecule has 0 unspecified atom stereocenters. The Kier molecular flexibility index (Phi) is 3.43. The summed E-state index contributed by atoms with van der Waals surface area (Å²) in [6, 6.07) is 0. The summed E-state index contributed by atoms with van der Waals surface area (Å²) in [6.45, 7) is 2.08. The number of hydrogen-bond donors (Lipinski definition) is 0. The lowest BCUT2D eigenvalue weighted by Crippen LogP contribution is -2.55. The van der Waals surface area contributed by atoms with Gasteiger partial charge < -0.3 is 0 Å². The van der Waals surface area contributed by atoms with Crippen molar-refractivity contribution >= 4 is 5.78 Å². The maximum absolute atomic E-state index is 11.9. The molecule has 0 amide bonds. The number of rotatable bonds is 1. The lowest BCUT2D eigenvalue weighted by molar-refractivity contribution is -0.571. The van der Waals surface area contributed by atoms with Gasteiger partial charge in [-0.05, 0) is 74.2 Å². The van der Waals surface area contributed by atoms with Crippen molar-refractivity contribution in [2.75, 3.05) is 0 Å². The molecule has 0 aromatic heterocycles. The number of hydrogen-bond acceptors (Lipinski definition) is 3. The highest BCUT2D eigenvalue weighted by Gasteiger charge is 2.69. The summed E-state index contributed by atoms with van der Waals surface area (Å²) >= 11 is 0. The average Bonchev–Trinajstić information content (AvgIpc) is 2.87. The highest BCUT2D eigenvalue weighted by Crippen LogP contribution is 2.65. The third-order valence-corrected chi connectivity index (χ3v) is 8.00. The topological polar surface area (TPSA) is 60.2 Å². The molecule has 0 aromatic carbocycles. The molecule has 0 radical (unpaired) electrons. The Hall–Kier alpha value is -1.63. The molecule has 4 aliphatic carbocycles.